The number of β-amino-alcohol motifs (C(OH)–C–C–N with tert-alkyl or cyclic N) is 1. The fourth-order valence-electron chi connectivity index (χ4n) is 3.81. The summed E-state index contributed by atoms with van der Waals surface area (Å²) in [5.41, 5.74) is 3.31. The smallest absolute Gasteiger partial charge is 0.270 e. The Bertz CT molecular complexity index is 967. The Balaban J connectivity index is 1.55. The first kappa shape index (κ1) is 17.5. The van der Waals surface area contributed by atoms with E-state index in [0.717, 1.165) is 27.9 Å². The van der Waals surface area contributed by atoms with Crippen molar-refractivity contribution in [2.24, 2.45) is 5.92 Å². The highest BCUT2D eigenvalue weighted by Crippen LogP contribution is 2.28. The van der Waals surface area contributed by atoms with E-state index in [4.69, 9.17) is 4.74 Å². The molecule has 3 heterocycles. The molecule has 4 rings (SSSR count). The van der Waals surface area contributed by atoms with Gasteiger partial charge in [0.25, 0.3) is 5.91 Å². The zero-order chi connectivity index (χ0) is 19.0. The number of pyridine rings is 1. The Kier molecular flexibility index (Phi) is 4.58. The van der Waals surface area contributed by atoms with Crippen LogP contribution in [0.2, 0.25) is 0 Å². The number of likely N-dealkylation sites (tertiary alicyclic amines) is 1. The maximum absolute atomic E-state index is 13.1. The number of carbonyl (C=O) groups is 1. The van der Waals surface area contributed by atoms with Crippen molar-refractivity contribution in [2.45, 2.75) is 19.4 Å². The molecule has 27 heavy (non-hydrogen) atoms. The van der Waals surface area contributed by atoms with Crippen molar-refractivity contribution in [1.82, 2.24) is 14.9 Å². The number of hydrogen-bond acceptors (Lipinski definition) is 4. The Morgan fingerprint density at radius 3 is 2.93 bits per heavy atom. The molecule has 0 radical (unpaired) electrons. The number of nitrogens with zero attached hydrogens (tertiary/aromatic N) is 2. The molecule has 6 heteroatoms. The van der Waals surface area contributed by atoms with Gasteiger partial charge in [-0.05, 0) is 49.2 Å². The van der Waals surface area contributed by atoms with E-state index in [1.807, 2.05) is 43.3 Å². The molecule has 2 aromatic heterocycles. The summed E-state index contributed by atoms with van der Waals surface area (Å²) in [6, 6.07) is 11.5. The summed E-state index contributed by atoms with van der Waals surface area (Å²) < 4.78 is 5.28. The van der Waals surface area contributed by atoms with Gasteiger partial charge in [-0.15, -0.1) is 0 Å². The normalized spacial score (nSPS) is 19.6. The van der Waals surface area contributed by atoms with Crippen LogP contribution in [0.1, 0.15) is 21.7 Å². The number of carbonyl (C=O) groups excluding carboxylic acids is 1. The first-order valence-corrected chi connectivity index (χ1v) is 9.10. The number of aliphatic hydroxyl groups excluding tert-OH is 1. The predicted octanol–water partition coefficient (Wildman–Crippen LogP) is 2.56. The van der Waals surface area contributed by atoms with Crippen molar-refractivity contribution in [2.75, 3.05) is 20.2 Å². The number of rotatable bonds is 4. The van der Waals surface area contributed by atoms with E-state index in [9.17, 15) is 9.90 Å². The van der Waals surface area contributed by atoms with E-state index >= 15 is 0 Å². The average molecular weight is 365 g/mol. The molecular formula is C21H23N3O3. The van der Waals surface area contributed by atoms with Crippen molar-refractivity contribution < 1.29 is 14.6 Å². The number of ether oxygens (including phenoxy) is 1. The van der Waals surface area contributed by atoms with Crippen LogP contribution < -0.4 is 4.74 Å². The number of aromatic nitrogens is 2. The summed E-state index contributed by atoms with van der Waals surface area (Å²) in [6.07, 6.45) is 1.87. The second kappa shape index (κ2) is 7.04. The molecule has 1 aliphatic heterocycles. The minimum absolute atomic E-state index is 0.00590. The van der Waals surface area contributed by atoms with Gasteiger partial charge in [0, 0.05) is 41.8 Å². The molecule has 0 saturated carbocycles. The summed E-state index contributed by atoms with van der Waals surface area (Å²) in [4.78, 5) is 22.4. The number of nitrogens with one attached hydrogen (secondary N) is 1. The van der Waals surface area contributed by atoms with Gasteiger partial charge >= 0.3 is 0 Å². The number of fused-ring (bicyclic) bond motifs is 1. The number of amides is 1. The number of H-pyrrole nitrogens is 1. The number of benzene rings is 1. The van der Waals surface area contributed by atoms with Crippen molar-refractivity contribution in [3.05, 3.63) is 59.5 Å². The highest BCUT2D eigenvalue weighted by atomic mass is 16.5. The zero-order valence-corrected chi connectivity index (χ0v) is 15.5. The van der Waals surface area contributed by atoms with Crippen molar-refractivity contribution in [1.29, 1.82) is 0 Å². The molecule has 2 atom stereocenters. The van der Waals surface area contributed by atoms with Gasteiger partial charge in [0.15, 0.2) is 0 Å². The first-order valence-electron chi connectivity index (χ1n) is 9.10. The molecule has 0 unspecified atom stereocenters. The summed E-state index contributed by atoms with van der Waals surface area (Å²) in [6.45, 7) is 2.80. The van der Waals surface area contributed by atoms with Crippen molar-refractivity contribution in [3.8, 4) is 5.75 Å². The van der Waals surface area contributed by atoms with Gasteiger partial charge < -0.3 is 19.7 Å². The summed E-state index contributed by atoms with van der Waals surface area (Å²) in [5.74, 6) is 0.675. The summed E-state index contributed by atoms with van der Waals surface area (Å²) in [5, 5.41) is 11.4. The third kappa shape index (κ3) is 3.28. The van der Waals surface area contributed by atoms with Crippen LogP contribution >= 0.6 is 0 Å². The fourth-order valence-corrected chi connectivity index (χ4v) is 3.81. The van der Waals surface area contributed by atoms with Gasteiger partial charge in [0.2, 0.25) is 0 Å². The van der Waals surface area contributed by atoms with Gasteiger partial charge in [-0.3, -0.25) is 9.78 Å². The first-order chi connectivity index (χ1) is 13.1. The van der Waals surface area contributed by atoms with Crippen LogP contribution in [0.4, 0.5) is 0 Å². The quantitative estimate of drug-likeness (QED) is 0.745. The van der Waals surface area contributed by atoms with E-state index in [2.05, 4.69) is 9.97 Å². The summed E-state index contributed by atoms with van der Waals surface area (Å²) in [7, 11) is 1.63. The zero-order valence-electron chi connectivity index (χ0n) is 15.5. The van der Waals surface area contributed by atoms with Crippen LogP contribution in [0.15, 0.2) is 42.6 Å². The van der Waals surface area contributed by atoms with Gasteiger partial charge in [-0.1, -0.05) is 6.07 Å². The lowest BCUT2D eigenvalue weighted by Gasteiger charge is -2.16. The Hall–Kier alpha value is -2.86. The second-order valence-corrected chi connectivity index (χ2v) is 7.10. The van der Waals surface area contributed by atoms with Crippen molar-refractivity contribution in [3.63, 3.8) is 0 Å². The number of hydrogen-bond donors (Lipinski definition) is 2. The topological polar surface area (TPSA) is 78.5 Å². The third-order valence-corrected chi connectivity index (χ3v) is 5.37. The summed E-state index contributed by atoms with van der Waals surface area (Å²) >= 11 is 0. The second-order valence-electron chi connectivity index (χ2n) is 7.10. The van der Waals surface area contributed by atoms with Crippen LogP contribution in [-0.2, 0) is 6.42 Å². The molecule has 0 aliphatic carbocycles. The molecule has 3 aromatic rings. The van der Waals surface area contributed by atoms with Crippen LogP contribution in [0.3, 0.4) is 0 Å². The lowest BCUT2D eigenvalue weighted by atomic mass is 10.00. The minimum atomic E-state index is -0.541. The fraction of sp³-hybridized carbons (Fsp3) is 0.333. The van der Waals surface area contributed by atoms with E-state index in [1.165, 1.54) is 0 Å². The highest BCUT2D eigenvalue weighted by Gasteiger charge is 2.35. The standard InChI is InChI=1S/C21H23N3O3/c1-13-17-10-16(27-2)6-7-18(17)23-20(13)21(26)24-11-14(19(25)12-24)9-15-5-3-4-8-22-15/h3-8,10,14,19,23,25H,9,11-12H2,1-2H3/t14-,19-/m1/s1. The van der Waals surface area contributed by atoms with E-state index < -0.39 is 6.10 Å². The van der Waals surface area contributed by atoms with Crippen LogP contribution in [0.25, 0.3) is 10.9 Å². The molecule has 140 valence electrons. The number of aromatic amines is 1. The predicted molar refractivity (Wildman–Crippen MR) is 103 cm³/mol. The number of aliphatic hydroxyl groups is 1. The van der Waals surface area contributed by atoms with Crippen LogP contribution in [-0.4, -0.2) is 52.2 Å². The molecule has 1 aliphatic rings. The Morgan fingerprint density at radius 1 is 1.33 bits per heavy atom. The van der Waals surface area contributed by atoms with Gasteiger partial charge in [0.1, 0.15) is 11.4 Å². The van der Waals surface area contributed by atoms with Gasteiger partial charge in [0.05, 0.1) is 13.2 Å². The minimum Gasteiger partial charge on any atom is -0.497 e. The Labute approximate surface area is 157 Å². The maximum Gasteiger partial charge on any atom is 0.270 e. The molecule has 2 N–H and O–H groups in total. The third-order valence-electron chi connectivity index (χ3n) is 5.37. The van der Waals surface area contributed by atoms with Crippen LogP contribution in [0, 0.1) is 12.8 Å². The van der Waals surface area contributed by atoms with E-state index in [-0.39, 0.29) is 11.8 Å². The Morgan fingerprint density at radius 2 is 2.19 bits per heavy atom. The molecule has 6 nitrogen and oxygen atoms in total. The molecule has 1 fully saturated rings. The van der Waals surface area contributed by atoms with E-state index in [0.29, 0.717) is 25.2 Å². The molecule has 0 bridgehead atoms. The molecule has 1 amide bonds. The van der Waals surface area contributed by atoms with Crippen molar-refractivity contribution >= 4 is 16.8 Å². The van der Waals surface area contributed by atoms with Gasteiger partial charge in [-0.2, -0.15) is 0 Å². The average Bonchev–Trinajstić information content (AvgIpc) is 3.22. The monoisotopic (exact) mass is 365 g/mol. The molecular weight excluding hydrogens is 342 g/mol. The molecule has 1 saturated heterocycles. The lowest BCUT2D eigenvalue weighted by Crippen LogP contribution is -2.30. The molecule has 0 spiro atoms. The number of aryl methyl sites for hydroxylation is 1. The largest absolute Gasteiger partial charge is 0.497 e. The number of methoxy groups -OCH3 is 1. The van der Waals surface area contributed by atoms with Crippen LogP contribution in [0.5, 0.6) is 5.75 Å². The van der Waals surface area contributed by atoms with E-state index in [1.54, 1.807) is 18.2 Å². The van der Waals surface area contributed by atoms with Gasteiger partial charge in [-0.25, -0.2) is 0 Å². The highest BCUT2D eigenvalue weighted by molar-refractivity contribution is 6.01. The lowest BCUT2D eigenvalue weighted by molar-refractivity contribution is 0.0759. The SMILES string of the molecule is COc1ccc2[nH]c(C(=O)N3C[C@@H](Cc4ccccn4)[C@H](O)C3)c(C)c2c1. The molecule has 1 aromatic carbocycles. The maximum atomic E-state index is 13.1.